The molecule has 1 saturated heterocycles. The molecule has 170 valence electrons. The highest BCUT2D eigenvalue weighted by atomic mass is 19.4. The molecule has 4 rings (SSSR count). The zero-order valence-electron chi connectivity index (χ0n) is 17.1. The largest absolute Gasteiger partial charge is 0.490 e. The fourth-order valence-electron chi connectivity index (χ4n) is 3.02. The van der Waals surface area contributed by atoms with Gasteiger partial charge in [0.2, 0.25) is 0 Å². The van der Waals surface area contributed by atoms with Gasteiger partial charge in [-0.15, -0.1) is 0 Å². The van der Waals surface area contributed by atoms with E-state index in [1.54, 1.807) is 6.33 Å². The number of aromatic nitrogens is 4. The maximum Gasteiger partial charge on any atom is 0.490 e. The number of hydrogen-bond acceptors (Lipinski definition) is 6. The number of morpholine rings is 1. The van der Waals surface area contributed by atoms with E-state index < -0.39 is 12.1 Å². The Labute approximate surface area is 182 Å². The van der Waals surface area contributed by atoms with E-state index in [-0.39, 0.29) is 0 Å². The van der Waals surface area contributed by atoms with Crippen molar-refractivity contribution in [3.8, 4) is 22.4 Å². The molecule has 1 aliphatic rings. The van der Waals surface area contributed by atoms with E-state index in [0.29, 0.717) is 0 Å². The summed E-state index contributed by atoms with van der Waals surface area (Å²) in [6.45, 7) is 5.59. The lowest BCUT2D eigenvalue weighted by atomic mass is 10.0. The average molecular weight is 449 g/mol. The summed E-state index contributed by atoms with van der Waals surface area (Å²) in [7, 11) is 0. The van der Waals surface area contributed by atoms with Gasteiger partial charge in [-0.1, -0.05) is 18.2 Å². The van der Waals surface area contributed by atoms with Crippen molar-refractivity contribution in [1.29, 1.82) is 0 Å². The predicted octanol–water partition coefficient (Wildman–Crippen LogP) is 2.97. The van der Waals surface area contributed by atoms with Crippen LogP contribution in [-0.4, -0.2) is 74.7 Å². The van der Waals surface area contributed by atoms with Gasteiger partial charge in [0.1, 0.15) is 6.33 Å². The molecule has 0 amide bonds. The number of carboxylic acid groups (broad SMARTS) is 1. The van der Waals surface area contributed by atoms with Crippen LogP contribution in [0.4, 0.5) is 13.2 Å². The third-order valence-corrected chi connectivity index (χ3v) is 4.68. The van der Waals surface area contributed by atoms with E-state index >= 15 is 0 Å². The third kappa shape index (κ3) is 6.86. The van der Waals surface area contributed by atoms with Gasteiger partial charge in [-0.25, -0.2) is 14.8 Å². The smallest absolute Gasteiger partial charge is 0.475 e. The van der Waals surface area contributed by atoms with E-state index in [0.717, 1.165) is 61.8 Å². The number of nitrogens with zero attached hydrogens (tertiary/aromatic N) is 5. The van der Waals surface area contributed by atoms with Gasteiger partial charge in [0, 0.05) is 49.4 Å². The number of carbonyl (C=O) groups is 1. The third-order valence-electron chi connectivity index (χ3n) is 4.68. The van der Waals surface area contributed by atoms with Crippen LogP contribution < -0.4 is 0 Å². The van der Waals surface area contributed by atoms with E-state index in [1.165, 1.54) is 0 Å². The number of aliphatic carboxylic acids is 1. The average Bonchev–Trinajstić information content (AvgIpc) is 3.28. The van der Waals surface area contributed by atoms with Crippen molar-refractivity contribution in [2.24, 2.45) is 0 Å². The number of benzene rings is 1. The first kappa shape index (κ1) is 23.4. The number of hydrogen-bond donors (Lipinski definition) is 1. The molecule has 1 aromatic carbocycles. The van der Waals surface area contributed by atoms with Gasteiger partial charge >= 0.3 is 12.1 Å². The Morgan fingerprint density at radius 3 is 2.34 bits per heavy atom. The fourth-order valence-corrected chi connectivity index (χ4v) is 3.02. The van der Waals surface area contributed by atoms with Crippen molar-refractivity contribution in [2.45, 2.75) is 12.7 Å². The maximum absolute atomic E-state index is 10.6. The molecule has 32 heavy (non-hydrogen) atoms. The van der Waals surface area contributed by atoms with Crippen molar-refractivity contribution >= 4 is 5.97 Å². The van der Waals surface area contributed by atoms with Crippen LogP contribution in [0.5, 0.6) is 0 Å². The number of carboxylic acids is 1. The number of rotatable bonds is 5. The van der Waals surface area contributed by atoms with Crippen molar-refractivity contribution in [1.82, 2.24) is 24.6 Å². The Bertz CT molecular complexity index is 1010. The minimum atomic E-state index is -5.08. The van der Waals surface area contributed by atoms with Crippen molar-refractivity contribution < 1.29 is 27.8 Å². The summed E-state index contributed by atoms with van der Waals surface area (Å²) < 4.78 is 39.1. The monoisotopic (exact) mass is 449 g/mol. The van der Waals surface area contributed by atoms with Crippen molar-refractivity contribution in [3.05, 3.63) is 55.2 Å². The Morgan fingerprint density at radius 1 is 1.03 bits per heavy atom. The predicted molar refractivity (Wildman–Crippen MR) is 110 cm³/mol. The van der Waals surface area contributed by atoms with Crippen LogP contribution in [0.3, 0.4) is 0 Å². The van der Waals surface area contributed by atoms with E-state index in [2.05, 4.69) is 39.1 Å². The SMILES string of the molecule is O=C(O)C(F)(F)F.c1cc(-c2cncnc2)cc(-c2ccn(CCN3CCOCC3)n2)c1. The highest BCUT2D eigenvalue weighted by Gasteiger charge is 2.38. The summed E-state index contributed by atoms with van der Waals surface area (Å²) in [6, 6.07) is 10.4. The topological polar surface area (TPSA) is 93.4 Å². The molecule has 2 aromatic heterocycles. The normalized spacial score (nSPS) is 14.5. The summed E-state index contributed by atoms with van der Waals surface area (Å²) in [5.74, 6) is -2.76. The summed E-state index contributed by atoms with van der Waals surface area (Å²) >= 11 is 0. The van der Waals surface area contributed by atoms with Gasteiger partial charge in [0.25, 0.3) is 0 Å². The first-order chi connectivity index (χ1) is 15.3. The van der Waals surface area contributed by atoms with Crippen LogP contribution in [0.25, 0.3) is 22.4 Å². The van der Waals surface area contributed by atoms with Crippen LogP contribution in [0, 0.1) is 0 Å². The zero-order chi connectivity index (χ0) is 23.0. The quantitative estimate of drug-likeness (QED) is 0.640. The van der Waals surface area contributed by atoms with Gasteiger partial charge in [0.15, 0.2) is 0 Å². The minimum Gasteiger partial charge on any atom is -0.475 e. The Balaban J connectivity index is 0.000000360. The fraction of sp³-hybridized carbons (Fsp3) is 0.333. The minimum absolute atomic E-state index is 0.834. The molecule has 3 aromatic rings. The van der Waals surface area contributed by atoms with Gasteiger partial charge in [-0.05, 0) is 17.7 Å². The highest BCUT2D eigenvalue weighted by molar-refractivity contribution is 5.73. The molecule has 1 aliphatic heterocycles. The molecule has 0 radical (unpaired) electrons. The molecule has 8 nitrogen and oxygen atoms in total. The van der Waals surface area contributed by atoms with E-state index in [1.807, 2.05) is 29.3 Å². The van der Waals surface area contributed by atoms with Crippen LogP contribution >= 0.6 is 0 Å². The van der Waals surface area contributed by atoms with Crippen molar-refractivity contribution in [2.75, 3.05) is 32.8 Å². The van der Waals surface area contributed by atoms with Gasteiger partial charge < -0.3 is 9.84 Å². The lowest BCUT2D eigenvalue weighted by Gasteiger charge is -2.26. The Morgan fingerprint density at radius 2 is 1.69 bits per heavy atom. The lowest BCUT2D eigenvalue weighted by Crippen LogP contribution is -2.38. The summed E-state index contributed by atoms with van der Waals surface area (Å²) in [5, 5.41) is 11.9. The molecule has 1 fully saturated rings. The highest BCUT2D eigenvalue weighted by Crippen LogP contribution is 2.24. The zero-order valence-corrected chi connectivity index (χ0v) is 17.1. The van der Waals surface area contributed by atoms with Crippen LogP contribution in [-0.2, 0) is 16.1 Å². The first-order valence-corrected chi connectivity index (χ1v) is 9.82. The molecule has 1 N–H and O–H groups in total. The molecule has 11 heteroatoms. The van der Waals surface area contributed by atoms with Crippen LogP contribution in [0.2, 0.25) is 0 Å². The summed E-state index contributed by atoms with van der Waals surface area (Å²) in [4.78, 5) is 19.5. The lowest BCUT2D eigenvalue weighted by molar-refractivity contribution is -0.192. The molecule has 0 aliphatic carbocycles. The van der Waals surface area contributed by atoms with Gasteiger partial charge in [0.05, 0.1) is 25.5 Å². The summed E-state index contributed by atoms with van der Waals surface area (Å²) in [5.41, 5.74) is 4.20. The van der Waals surface area contributed by atoms with E-state index in [4.69, 9.17) is 19.7 Å². The molecule has 0 bridgehead atoms. The molecule has 3 heterocycles. The van der Waals surface area contributed by atoms with Gasteiger partial charge in [-0.2, -0.15) is 18.3 Å². The Hall–Kier alpha value is -3.31. The molecule has 0 unspecified atom stereocenters. The van der Waals surface area contributed by atoms with Crippen LogP contribution in [0.15, 0.2) is 55.2 Å². The van der Waals surface area contributed by atoms with E-state index in [9.17, 15) is 13.2 Å². The maximum atomic E-state index is 10.6. The summed E-state index contributed by atoms with van der Waals surface area (Å²) in [6.07, 6.45) is 2.16. The number of alkyl halides is 3. The molecule has 0 spiro atoms. The Kier molecular flexibility index (Phi) is 7.90. The number of halogens is 3. The molecule has 0 atom stereocenters. The van der Waals surface area contributed by atoms with Crippen LogP contribution in [0.1, 0.15) is 0 Å². The molecule has 0 saturated carbocycles. The second-order valence-corrected chi connectivity index (χ2v) is 6.93. The van der Waals surface area contributed by atoms with Gasteiger partial charge in [-0.3, -0.25) is 9.58 Å². The molecular formula is C21H22F3N5O3. The van der Waals surface area contributed by atoms with Crippen molar-refractivity contribution in [3.63, 3.8) is 0 Å². The second kappa shape index (κ2) is 10.8. The number of ether oxygens (including phenoxy) is 1. The molecular weight excluding hydrogens is 427 g/mol. The second-order valence-electron chi connectivity index (χ2n) is 6.93. The first-order valence-electron chi connectivity index (χ1n) is 9.82. The standard InChI is InChI=1S/C19H21N5O.C2HF3O2/c1-2-16(18-13-20-15-21-14-18)12-17(3-1)19-4-5-24(22-19)7-6-23-8-10-25-11-9-23;3-2(4,5)1(6)7/h1-5,12-15H,6-11H2;(H,6,7).